The van der Waals surface area contributed by atoms with Gasteiger partial charge in [-0.15, -0.1) is 0 Å². The van der Waals surface area contributed by atoms with Crippen molar-refractivity contribution in [2.75, 3.05) is 18.6 Å². The maximum Gasteiger partial charge on any atom is 0.305 e. The number of carboxylic acids is 1. The molecule has 1 rings (SSSR count). The molecule has 17 nitrogen and oxygen atoms in total. The van der Waals surface area contributed by atoms with Crippen LogP contribution in [-0.4, -0.2) is 107 Å². The highest BCUT2D eigenvalue weighted by molar-refractivity contribution is 7.98. The van der Waals surface area contributed by atoms with Crippen LogP contribution in [0.2, 0.25) is 0 Å². The Morgan fingerprint density at radius 2 is 1.36 bits per heavy atom. The van der Waals surface area contributed by atoms with E-state index in [9.17, 15) is 38.4 Å². The van der Waals surface area contributed by atoms with Gasteiger partial charge >= 0.3 is 5.97 Å². The lowest BCUT2D eigenvalue weighted by molar-refractivity contribution is -0.139. The second-order valence-corrected chi connectivity index (χ2v) is 14.4. The molecule has 1 aromatic carbocycles. The van der Waals surface area contributed by atoms with Gasteiger partial charge in [-0.05, 0) is 49.2 Å². The van der Waals surface area contributed by atoms with Crippen molar-refractivity contribution in [3.05, 3.63) is 35.9 Å². The molecule has 6 atom stereocenters. The summed E-state index contributed by atoms with van der Waals surface area (Å²) in [6.45, 7) is 8.38. The normalized spacial score (nSPS) is 14.4. The Hall–Kier alpha value is -4.71. The zero-order valence-electron chi connectivity index (χ0n) is 31.2. The van der Waals surface area contributed by atoms with Gasteiger partial charge in [0.05, 0.1) is 12.5 Å². The number of carboxylic acid groups (broad SMARTS) is 1. The third-order valence-corrected chi connectivity index (χ3v) is 8.57. The standard InChI is InChI=1S/C35H56N8O9S/c1-19(2)16-25(33(50)41-24(30(37)47)13-15-53-6)40-27(44)12-14-38-35(52)29(20(3)4)43-34(51)26(17-22-10-8-7-9-11-22)42-31(48)21(5)39-32(49)23(36)18-28(45)46/h7-11,19-21,23-26,29H,12-18,36H2,1-6H3,(H2,37,47)(H,38,52)(H,39,49)(H,40,44)(H,41,50)(H,42,48)(H,43,51)(H,45,46)/t21-,23?,24?,25?,26?,29?/m0/s1. The van der Waals surface area contributed by atoms with E-state index in [1.54, 1.807) is 44.2 Å². The molecule has 0 aliphatic rings. The molecule has 0 aliphatic heterocycles. The predicted molar refractivity (Wildman–Crippen MR) is 200 cm³/mol. The molecule has 0 fully saturated rings. The smallest absolute Gasteiger partial charge is 0.305 e. The third-order valence-electron chi connectivity index (χ3n) is 7.93. The first-order chi connectivity index (χ1) is 24.9. The zero-order valence-corrected chi connectivity index (χ0v) is 32.0. The van der Waals surface area contributed by atoms with Crippen LogP contribution < -0.4 is 43.4 Å². The van der Waals surface area contributed by atoms with Crippen LogP contribution >= 0.6 is 11.8 Å². The number of aliphatic carboxylic acids is 1. The summed E-state index contributed by atoms with van der Waals surface area (Å²) in [7, 11) is 0. The van der Waals surface area contributed by atoms with Gasteiger partial charge in [0.15, 0.2) is 0 Å². The largest absolute Gasteiger partial charge is 0.481 e. The summed E-state index contributed by atoms with van der Waals surface area (Å²) in [4.78, 5) is 101. The van der Waals surface area contributed by atoms with Crippen molar-refractivity contribution in [2.24, 2.45) is 23.3 Å². The fraction of sp³-hybridized carbons (Fsp3) is 0.600. The van der Waals surface area contributed by atoms with Crippen LogP contribution in [0, 0.1) is 11.8 Å². The first-order valence-corrected chi connectivity index (χ1v) is 18.8. The Morgan fingerprint density at radius 3 is 1.91 bits per heavy atom. The van der Waals surface area contributed by atoms with E-state index in [4.69, 9.17) is 16.6 Å². The first kappa shape index (κ1) is 46.3. The third kappa shape index (κ3) is 18.1. The molecule has 0 aromatic heterocycles. The number of hydrogen-bond donors (Lipinski definition) is 9. The molecule has 0 heterocycles. The van der Waals surface area contributed by atoms with Crippen molar-refractivity contribution in [1.82, 2.24) is 31.9 Å². The zero-order chi connectivity index (χ0) is 40.2. The summed E-state index contributed by atoms with van der Waals surface area (Å²) in [6.07, 6.45) is 1.70. The van der Waals surface area contributed by atoms with Crippen LogP contribution in [-0.2, 0) is 44.8 Å². The van der Waals surface area contributed by atoms with Gasteiger partial charge in [0.1, 0.15) is 30.2 Å². The number of hydrogen-bond acceptors (Lipinski definition) is 10. The van der Waals surface area contributed by atoms with Gasteiger partial charge in [-0.3, -0.25) is 38.4 Å². The van der Waals surface area contributed by atoms with Crippen molar-refractivity contribution in [3.8, 4) is 0 Å². The number of nitrogens with two attached hydrogens (primary N) is 2. The SMILES string of the molecule is CSCCC(NC(=O)C(CC(C)C)NC(=O)CCNC(=O)C(NC(=O)C(Cc1ccccc1)NC(=O)[C@H](C)NC(=O)C(N)CC(=O)O)C(C)C)C(N)=O. The van der Waals surface area contributed by atoms with E-state index >= 15 is 0 Å². The van der Waals surface area contributed by atoms with Crippen LogP contribution in [0.5, 0.6) is 0 Å². The summed E-state index contributed by atoms with van der Waals surface area (Å²) < 4.78 is 0. The van der Waals surface area contributed by atoms with Gasteiger partial charge in [0.25, 0.3) is 0 Å². The van der Waals surface area contributed by atoms with Gasteiger partial charge < -0.3 is 48.5 Å². The van der Waals surface area contributed by atoms with Crippen molar-refractivity contribution < 1.29 is 43.5 Å². The lowest BCUT2D eigenvalue weighted by atomic mass is 10.0. The summed E-state index contributed by atoms with van der Waals surface area (Å²) in [5.41, 5.74) is 11.7. The molecule has 18 heteroatoms. The fourth-order valence-electron chi connectivity index (χ4n) is 4.98. The number of carbonyl (C=O) groups is 8. The number of carbonyl (C=O) groups excluding carboxylic acids is 7. The Morgan fingerprint density at radius 1 is 0.755 bits per heavy atom. The van der Waals surface area contributed by atoms with E-state index in [0.29, 0.717) is 24.2 Å². The fourth-order valence-corrected chi connectivity index (χ4v) is 5.45. The van der Waals surface area contributed by atoms with Gasteiger partial charge in [0, 0.05) is 19.4 Å². The molecule has 296 valence electrons. The lowest BCUT2D eigenvalue weighted by Crippen LogP contribution is -2.58. The van der Waals surface area contributed by atoms with Gasteiger partial charge in [0.2, 0.25) is 41.4 Å². The minimum absolute atomic E-state index is 0.0268. The summed E-state index contributed by atoms with van der Waals surface area (Å²) in [5.74, 6) is -5.71. The monoisotopic (exact) mass is 764 g/mol. The lowest BCUT2D eigenvalue weighted by Gasteiger charge is -2.26. The average Bonchev–Trinajstić information content (AvgIpc) is 3.07. The molecule has 0 saturated carbocycles. The minimum Gasteiger partial charge on any atom is -0.481 e. The maximum absolute atomic E-state index is 13.6. The molecule has 0 radical (unpaired) electrons. The van der Waals surface area contributed by atoms with Crippen molar-refractivity contribution in [3.63, 3.8) is 0 Å². The highest BCUT2D eigenvalue weighted by atomic mass is 32.2. The van der Waals surface area contributed by atoms with Gasteiger partial charge in [-0.2, -0.15) is 11.8 Å². The Balaban J connectivity index is 2.95. The van der Waals surface area contributed by atoms with Crippen molar-refractivity contribution in [2.45, 2.75) is 103 Å². The Bertz CT molecular complexity index is 1410. The molecular formula is C35H56N8O9S. The minimum atomic E-state index is -1.39. The van der Waals surface area contributed by atoms with Crippen LogP contribution in [0.3, 0.4) is 0 Å². The second-order valence-electron chi connectivity index (χ2n) is 13.5. The quantitative estimate of drug-likeness (QED) is 0.0611. The molecule has 5 unspecified atom stereocenters. The van der Waals surface area contributed by atoms with E-state index in [0.717, 1.165) is 0 Å². The van der Waals surface area contributed by atoms with Crippen LogP contribution in [0.1, 0.15) is 65.9 Å². The second kappa shape index (κ2) is 23.8. The number of thioether (sulfide) groups is 1. The van der Waals surface area contributed by atoms with Gasteiger partial charge in [-0.1, -0.05) is 58.0 Å². The molecule has 0 spiro atoms. The first-order valence-electron chi connectivity index (χ1n) is 17.4. The van der Waals surface area contributed by atoms with E-state index in [1.165, 1.54) is 18.7 Å². The Labute approximate surface area is 314 Å². The highest BCUT2D eigenvalue weighted by Gasteiger charge is 2.31. The van der Waals surface area contributed by atoms with E-state index < -0.39 is 95.9 Å². The molecule has 0 bridgehead atoms. The van der Waals surface area contributed by atoms with E-state index in [2.05, 4.69) is 31.9 Å². The van der Waals surface area contributed by atoms with Crippen LogP contribution in [0.4, 0.5) is 0 Å². The molecule has 7 amide bonds. The van der Waals surface area contributed by atoms with E-state index in [1.807, 2.05) is 20.1 Å². The molecule has 0 saturated heterocycles. The van der Waals surface area contributed by atoms with Crippen LogP contribution in [0.15, 0.2) is 30.3 Å². The predicted octanol–water partition coefficient (Wildman–Crippen LogP) is -1.08. The molecule has 11 N–H and O–H groups in total. The number of rotatable bonds is 24. The summed E-state index contributed by atoms with van der Waals surface area (Å²) in [5, 5.41) is 24.4. The molecule has 1 aromatic rings. The summed E-state index contributed by atoms with van der Waals surface area (Å²) in [6, 6.07) is 2.13. The molecular weight excluding hydrogens is 708 g/mol. The average molecular weight is 765 g/mol. The number of amides is 7. The summed E-state index contributed by atoms with van der Waals surface area (Å²) >= 11 is 1.50. The topological polar surface area (TPSA) is 281 Å². The molecule has 0 aliphatic carbocycles. The van der Waals surface area contributed by atoms with Crippen LogP contribution in [0.25, 0.3) is 0 Å². The van der Waals surface area contributed by atoms with E-state index in [-0.39, 0.29) is 25.3 Å². The van der Waals surface area contributed by atoms with Crippen molar-refractivity contribution in [1.29, 1.82) is 0 Å². The highest BCUT2D eigenvalue weighted by Crippen LogP contribution is 2.09. The van der Waals surface area contributed by atoms with Crippen molar-refractivity contribution >= 4 is 59.1 Å². The number of primary amides is 1. The number of nitrogens with one attached hydrogen (secondary N) is 6. The maximum atomic E-state index is 13.6. The molecule has 53 heavy (non-hydrogen) atoms. The Kier molecular flexibility index (Phi) is 20.8. The number of benzene rings is 1. The van der Waals surface area contributed by atoms with Gasteiger partial charge in [-0.25, -0.2) is 0 Å².